The van der Waals surface area contributed by atoms with E-state index >= 15 is 0 Å². The van der Waals surface area contributed by atoms with Crippen LogP contribution in [0.4, 0.5) is 4.79 Å². The summed E-state index contributed by atoms with van der Waals surface area (Å²) < 4.78 is 4.97. The molecule has 2 rings (SSSR count). The quantitative estimate of drug-likeness (QED) is 0.777. The van der Waals surface area contributed by atoms with E-state index in [1.54, 1.807) is 19.4 Å². The van der Waals surface area contributed by atoms with E-state index in [1.807, 2.05) is 26.0 Å². The molecule has 0 atom stereocenters. The van der Waals surface area contributed by atoms with Gasteiger partial charge in [-0.25, -0.2) is 9.78 Å². The molecule has 3 N–H and O–H groups in total. The molecule has 0 unspecified atom stereocenters. The Labute approximate surface area is 134 Å². The molecule has 2 aromatic heterocycles. The van der Waals surface area contributed by atoms with Crippen LogP contribution in [-0.2, 0) is 13.1 Å². The summed E-state index contributed by atoms with van der Waals surface area (Å²) in [5, 5.41) is 5.39. The normalized spacial score (nSPS) is 10.2. The van der Waals surface area contributed by atoms with Crippen molar-refractivity contribution < 1.29 is 9.53 Å². The van der Waals surface area contributed by atoms with Gasteiger partial charge in [0.1, 0.15) is 0 Å². The fraction of sp³-hybridized carbons (Fsp3) is 0.312. The van der Waals surface area contributed by atoms with Crippen molar-refractivity contribution in [2.75, 3.05) is 7.11 Å². The first-order valence-corrected chi connectivity index (χ1v) is 7.19. The Morgan fingerprint density at radius 2 is 2.00 bits per heavy atom. The molecule has 2 heterocycles. The van der Waals surface area contributed by atoms with E-state index in [4.69, 9.17) is 4.74 Å². The topological polar surface area (TPSA) is 96.1 Å². The van der Waals surface area contributed by atoms with Gasteiger partial charge in [0.2, 0.25) is 5.88 Å². The summed E-state index contributed by atoms with van der Waals surface area (Å²) in [5.41, 5.74) is 2.88. The molecular weight excluding hydrogens is 296 g/mol. The Balaban J connectivity index is 1.87. The minimum Gasteiger partial charge on any atom is -0.481 e. The first-order chi connectivity index (χ1) is 11.0. The molecule has 122 valence electrons. The van der Waals surface area contributed by atoms with Gasteiger partial charge in [0, 0.05) is 30.1 Å². The first kappa shape index (κ1) is 16.5. The molecule has 0 fully saturated rings. The molecule has 2 aromatic rings. The van der Waals surface area contributed by atoms with Crippen molar-refractivity contribution in [1.82, 2.24) is 20.6 Å². The zero-order valence-electron chi connectivity index (χ0n) is 13.4. The fourth-order valence-electron chi connectivity index (χ4n) is 2.15. The Kier molecular flexibility index (Phi) is 5.35. The Morgan fingerprint density at radius 1 is 1.26 bits per heavy atom. The second-order valence-corrected chi connectivity index (χ2v) is 5.19. The standard InChI is InChI=1S/C16H20N4O3/c1-10-6-11(2)20-15(21)13(10)9-19-16(22)18-8-12-4-5-14(23-3)17-7-12/h4-7H,8-9H2,1-3H3,(H,20,21)(H2,18,19,22). The Bertz CT molecular complexity index is 738. The van der Waals surface area contributed by atoms with E-state index in [9.17, 15) is 9.59 Å². The number of amides is 2. The molecule has 0 aliphatic heterocycles. The number of nitrogens with one attached hydrogen (secondary N) is 3. The van der Waals surface area contributed by atoms with Crippen LogP contribution in [0, 0.1) is 13.8 Å². The molecule has 0 bridgehead atoms. The predicted octanol–water partition coefficient (Wildman–Crippen LogP) is 1.39. The number of urea groups is 1. The second kappa shape index (κ2) is 7.44. The number of hydrogen-bond acceptors (Lipinski definition) is 4. The minimum absolute atomic E-state index is 0.175. The van der Waals surface area contributed by atoms with E-state index < -0.39 is 0 Å². The largest absolute Gasteiger partial charge is 0.481 e. The number of carbonyl (C=O) groups is 1. The number of aryl methyl sites for hydroxylation is 2. The van der Waals surface area contributed by atoms with E-state index in [0.717, 1.165) is 16.8 Å². The van der Waals surface area contributed by atoms with E-state index in [0.29, 0.717) is 18.0 Å². The Morgan fingerprint density at radius 3 is 2.61 bits per heavy atom. The summed E-state index contributed by atoms with van der Waals surface area (Å²) in [6.07, 6.45) is 1.63. The average Bonchev–Trinajstić information content (AvgIpc) is 2.52. The number of nitrogens with zero attached hydrogens (tertiary/aromatic N) is 1. The third kappa shape index (κ3) is 4.57. The molecule has 23 heavy (non-hydrogen) atoms. The van der Waals surface area contributed by atoms with Gasteiger partial charge in [0.05, 0.1) is 13.7 Å². The predicted molar refractivity (Wildman–Crippen MR) is 86.4 cm³/mol. The molecule has 7 heteroatoms. The highest BCUT2D eigenvalue weighted by molar-refractivity contribution is 5.73. The monoisotopic (exact) mass is 316 g/mol. The van der Waals surface area contributed by atoms with Crippen LogP contribution in [0.3, 0.4) is 0 Å². The minimum atomic E-state index is -0.347. The molecule has 0 aliphatic rings. The van der Waals surface area contributed by atoms with Crippen molar-refractivity contribution in [3.05, 3.63) is 57.1 Å². The average molecular weight is 316 g/mol. The summed E-state index contributed by atoms with van der Waals surface area (Å²) in [6, 6.07) is 5.07. The van der Waals surface area contributed by atoms with Crippen LogP contribution in [-0.4, -0.2) is 23.1 Å². The SMILES string of the molecule is COc1ccc(CNC(=O)NCc2c(C)cc(C)[nH]c2=O)cn1. The van der Waals surface area contributed by atoms with Gasteiger partial charge in [-0.1, -0.05) is 6.07 Å². The highest BCUT2D eigenvalue weighted by atomic mass is 16.5. The number of pyridine rings is 2. The van der Waals surface area contributed by atoms with Gasteiger partial charge in [0.15, 0.2) is 0 Å². The molecule has 0 aromatic carbocycles. The lowest BCUT2D eigenvalue weighted by Gasteiger charge is -2.09. The summed E-state index contributed by atoms with van der Waals surface area (Å²) in [4.78, 5) is 30.5. The number of methoxy groups -OCH3 is 1. The maximum Gasteiger partial charge on any atom is 0.315 e. The Hall–Kier alpha value is -2.83. The van der Waals surface area contributed by atoms with E-state index in [1.165, 1.54) is 0 Å². The van der Waals surface area contributed by atoms with Gasteiger partial charge < -0.3 is 20.4 Å². The lowest BCUT2D eigenvalue weighted by atomic mass is 10.1. The number of hydrogen-bond donors (Lipinski definition) is 3. The smallest absolute Gasteiger partial charge is 0.315 e. The zero-order valence-corrected chi connectivity index (χ0v) is 13.4. The van der Waals surface area contributed by atoms with E-state index in [-0.39, 0.29) is 18.1 Å². The van der Waals surface area contributed by atoms with Gasteiger partial charge in [-0.2, -0.15) is 0 Å². The second-order valence-electron chi connectivity index (χ2n) is 5.19. The molecule has 7 nitrogen and oxygen atoms in total. The van der Waals surface area contributed by atoms with Crippen LogP contribution in [0.25, 0.3) is 0 Å². The number of H-pyrrole nitrogens is 1. The maximum atomic E-state index is 11.9. The van der Waals surface area contributed by atoms with Crippen LogP contribution in [0.15, 0.2) is 29.2 Å². The number of aromatic amines is 1. The van der Waals surface area contributed by atoms with Crippen molar-refractivity contribution in [2.24, 2.45) is 0 Å². The maximum absolute atomic E-state index is 11.9. The van der Waals surface area contributed by atoms with Crippen LogP contribution in [0.2, 0.25) is 0 Å². The highest BCUT2D eigenvalue weighted by Gasteiger charge is 2.07. The molecule has 0 aliphatic carbocycles. The molecular formula is C16H20N4O3. The van der Waals surface area contributed by atoms with Crippen molar-refractivity contribution in [1.29, 1.82) is 0 Å². The van der Waals surface area contributed by atoms with Gasteiger partial charge in [-0.3, -0.25) is 4.79 Å². The van der Waals surface area contributed by atoms with Crippen LogP contribution < -0.4 is 20.9 Å². The third-order valence-electron chi connectivity index (χ3n) is 3.38. The molecule has 0 saturated carbocycles. The molecule has 0 spiro atoms. The number of aromatic nitrogens is 2. The van der Waals surface area contributed by atoms with E-state index in [2.05, 4.69) is 20.6 Å². The zero-order chi connectivity index (χ0) is 16.8. The van der Waals surface area contributed by atoms with Crippen molar-refractivity contribution in [3.8, 4) is 5.88 Å². The fourth-order valence-corrected chi connectivity index (χ4v) is 2.15. The lowest BCUT2D eigenvalue weighted by Crippen LogP contribution is -2.36. The number of rotatable bonds is 5. The van der Waals surface area contributed by atoms with Gasteiger partial charge in [-0.05, 0) is 31.0 Å². The number of ether oxygens (including phenoxy) is 1. The van der Waals surface area contributed by atoms with Gasteiger partial charge in [-0.15, -0.1) is 0 Å². The number of carbonyl (C=O) groups excluding carboxylic acids is 1. The first-order valence-electron chi connectivity index (χ1n) is 7.19. The summed E-state index contributed by atoms with van der Waals surface area (Å²) in [6.45, 7) is 4.18. The summed E-state index contributed by atoms with van der Waals surface area (Å²) >= 11 is 0. The van der Waals surface area contributed by atoms with Crippen molar-refractivity contribution >= 4 is 6.03 Å². The van der Waals surface area contributed by atoms with Gasteiger partial charge >= 0.3 is 6.03 Å². The van der Waals surface area contributed by atoms with Crippen molar-refractivity contribution in [3.63, 3.8) is 0 Å². The summed E-state index contributed by atoms with van der Waals surface area (Å²) in [5.74, 6) is 0.521. The van der Waals surface area contributed by atoms with Crippen LogP contribution >= 0.6 is 0 Å². The molecule has 0 saturated heterocycles. The van der Waals surface area contributed by atoms with Gasteiger partial charge in [0.25, 0.3) is 5.56 Å². The van der Waals surface area contributed by atoms with Crippen LogP contribution in [0.5, 0.6) is 5.88 Å². The molecule has 0 radical (unpaired) electrons. The highest BCUT2D eigenvalue weighted by Crippen LogP contribution is 2.06. The third-order valence-corrected chi connectivity index (χ3v) is 3.38. The van der Waals surface area contributed by atoms with Crippen molar-refractivity contribution in [2.45, 2.75) is 26.9 Å². The van der Waals surface area contributed by atoms with Crippen LogP contribution in [0.1, 0.15) is 22.4 Å². The summed E-state index contributed by atoms with van der Waals surface area (Å²) in [7, 11) is 1.54. The lowest BCUT2D eigenvalue weighted by molar-refractivity contribution is 0.240. The molecule has 2 amide bonds.